The molecule has 0 aromatic heterocycles. The van der Waals surface area contributed by atoms with Gasteiger partial charge in [-0.05, 0) is 44.5 Å². The van der Waals surface area contributed by atoms with Crippen molar-refractivity contribution in [3.63, 3.8) is 0 Å². The zero-order valence-corrected chi connectivity index (χ0v) is 15.3. The molecule has 2 N–H and O–H groups in total. The van der Waals surface area contributed by atoms with E-state index in [1.165, 1.54) is 12.1 Å². The number of morpholine rings is 1. The summed E-state index contributed by atoms with van der Waals surface area (Å²) in [7, 11) is 0. The van der Waals surface area contributed by atoms with Crippen molar-refractivity contribution in [2.24, 2.45) is 0 Å². The van der Waals surface area contributed by atoms with Gasteiger partial charge in [-0.3, -0.25) is 0 Å². The number of nitrogens with one attached hydrogen (secondary N) is 1. The van der Waals surface area contributed by atoms with Crippen molar-refractivity contribution in [2.75, 3.05) is 31.2 Å². The van der Waals surface area contributed by atoms with Crippen LogP contribution in [0, 0.1) is 5.82 Å². The second-order valence-electron chi connectivity index (χ2n) is 7.11. The second-order valence-corrected chi connectivity index (χ2v) is 7.11. The maximum Gasteiger partial charge on any atom is 0.408 e. The van der Waals surface area contributed by atoms with Crippen LogP contribution in [0.1, 0.15) is 26.3 Å². The van der Waals surface area contributed by atoms with Gasteiger partial charge in [-0.1, -0.05) is 0 Å². The van der Waals surface area contributed by atoms with Crippen LogP contribution in [0.4, 0.5) is 14.9 Å². The molecule has 1 atom stereocenters. The monoisotopic (exact) mass is 368 g/mol. The number of aliphatic carboxylic acids is 1. The SMILES string of the molecule is CC(C)(C)OC(=O)NC(Cc1cc(F)ccc1N1CCOCC1)C(=O)O. The molecular formula is C18H25FN2O5. The first-order valence-corrected chi connectivity index (χ1v) is 8.49. The molecule has 1 heterocycles. The lowest BCUT2D eigenvalue weighted by atomic mass is 10.0. The number of carbonyl (C=O) groups is 2. The summed E-state index contributed by atoms with van der Waals surface area (Å²) in [5, 5.41) is 11.8. The zero-order chi connectivity index (χ0) is 19.3. The molecule has 1 aromatic carbocycles. The van der Waals surface area contributed by atoms with Crippen molar-refractivity contribution >= 4 is 17.7 Å². The minimum Gasteiger partial charge on any atom is -0.480 e. The van der Waals surface area contributed by atoms with Crippen molar-refractivity contribution in [1.29, 1.82) is 0 Å². The number of ether oxygens (including phenoxy) is 2. The Hall–Kier alpha value is -2.35. The van der Waals surface area contributed by atoms with Crippen LogP contribution in [0.3, 0.4) is 0 Å². The highest BCUT2D eigenvalue weighted by Gasteiger charge is 2.26. The molecule has 1 saturated heterocycles. The first-order valence-electron chi connectivity index (χ1n) is 8.49. The summed E-state index contributed by atoms with van der Waals surface area (Å²) in [5.41, 5.74) is 0.507. The number of carbonyl (C=O) groups excluding carboxylic acids is 1. The Kier molecular flexibility index (Phi) is 6.42. The molecule has 1 aliphatic rings. The molecule has 0 saturated carbocycles. The largest absolute Gasteiger partial charge is 0.480 e. The van der Waals surface area contributed by atoms with Gasteiger partial charge in [0, 0.05) is 25.2 Å². The standard InChI is InChI=1S/C18H25FN2O5/c1-18(2,3)26-17(24)20-14(16(22)23)11-12-10-13(19)4-5-15(12)21-6-8-25-9-7-21/h4-5,10,14H,6-9,11H2,1-3H3,(H,20,24)(H,22,23). The van der Waals surface area contributed by atoms with E-state index >= 15 is 0 Å². The Morgan fingerprint density at radius 1 is 1.35 bits per heavy atom. The van der Waals surface area contributed by atoms with Crippen molar-refractivity contribution in [3.8, 4) is 0 Å². The molecule has 1 aliphatic heterocycles. The van der Waals surface area contributed by atoms with Gasteiger partial charge in [0.25, 0.3) is 0 Å². The summed E-state index contributed by atoms with van der Waals surface area (Å²) in [5.74, 6) is -1.67. The highest BCUT2D eigenvalue weighted by atomic mass is 19.1. The molecule has 1 fully saturated rings. The summed E-state index contributed by atoms with van der Waals surface area (Å²) in [4.78, 5) is 25.5. The minimum absolute atomic E-state index is 0.0565. The van der Waals surface area contributed by atoms with Crippen LogP contribution in [-0.2, 0) is 20.7 Å². The molecule has 2 rings (SSSR count). The summed E-state index contributed by atoms with van der Waals surface area (Å²) < 4.78 is 24.2. The molecule has 0 radical (unpaired) electrons. The smallest absolute Gasteiger partial charge is 0.408 e. The number of anilines is 1. The average Bonchev–Trinajstić information content (AvgIpc) is 2.53. The van der Waals surface area contributed by atoms with Gasteiger partial charge in [0.05, 0.1) is 13.2 Å². The lowest BCUT2D eigenvalue weighted by Gasteiger charge is -2.31. The summed E-state index contributed by atoms with van der Waals surface area (Å²) in [6, 6.07) is 3.04. The van der Waals surface area contributed by atoms with Crippen LogP contribution in [0.25, 0.3) is 0 Å². The molecule has 1 amide bonds. The van der Waals surface area contributed by atoms with E-state index < -0.39 is 29.5 Å². The van der Waals surface area contributed by atoms with Gasteiger partial charge in [0.15, 0.2) is 0 Å². The fraction of sp³-hybridized carbons (Fsp3) is 0.556. The number of hydrogen-bond donors (Lipinski definition) is 2. The molecule has 1 unspecified atom stereocenters. The molecular weight excluding hydrogens is 343 g/mol. The lowest BCUT2D eigenvalue weighted by Crippen LogP contribution is -2.45. The maximum absolute atomic E-state index is 13.7. The highest BCUT2D eigenvalue weighted by Crippen LogP contribution is 2.24. The van der Waals surface area contributed by atoms with Crippen LogP contribution in [-0.4, -0.2) is 55.1 Å². The Balaban J connectivity index is 2.18. The molecule has 1 aromatic rings. The topological polar surface area (TPSA) is 88.1 Å². The van der Waals surface area contributed by atoms with Crippen molar-refractivity contribution in [2.45, 2.75) is 38.8 Å². The predicted octanol–water partition coefficient (Wildman–Crippen LogP) is 2.18. The van der Waals surface area contributed by atoms with Crippen LogP contribution in [0.15, 0.2) is 18.2 Å². The first kappa shape index (κ1) is 20.0. The fourth-order valence-corrected chi connectivity index (χ4v) is 2.70. The van der Waals surface area contributed by atoms with E-state index in [0.29, 0.717) is 31.9 Å². The average molecular weight is 368 g/mol. The van der Waals surface area contributed by atoms with Crippen LogP contribution in [0.5, 0.6) is 0 Å². The third-order valence-electron chi connectivity index (χ3n) is 3.81. The Morgan fingerprint density at radius 3 is 2.58 bits per heavy atom. The van der Waals surface area contributed by atoms with E-state index in [-0.39, 0.29) is 6.42 Å². The van der Waals surface area contributed by atoms with E-state index in [1.54, 1.807) is 26.8 Å². The molecule has 26 heavy (non-hydrogen) atoms. The van der Waals surface area contributed by atoms with Crippen LogP contribution in [0.2, 0.25) is 0 Å². The van der Waals surface area contributed by atoms with Gasteiger partial charge in [0.2, 0.25) is 0 Å². The summed E-state index contributed by atoms with van der Waals surface area (Å²) in [6.07, 6.45) is -0.881. The number of halogens is 1. The van der Waals surface area contributed by atoms with E-state index in [1.807, 2.05) is 4.90 Å². The number of carboxylic acid groups (broad SMARTS) is 1. The number of nitrogens with zero attached hydrogens (tertiary/aromatic N) is 1. The normalized spacial score (nSPS) is 16.1. The molecule has 144 valence electrons. The Morgan fingerprint density at radius 2 is 2.00 bits per heavy atom. The third kappa shape index (κ3) is 5.87. The quantitative estimate of drug-likeness (QED) is 0.828. The number of carboxylic acids is 1. The highest BCUT2D eigenvalue weighted by molar-refractivity contribution is 5.80. The Labute approximate surface area is 152 Å². The predicted molar refractivity (Wildman–Crippen MR) is 93.9 cm³/mol. The molecule has 0 bridgehead atoms. The van der Waals surface area contributed by atoms with Gasteiger partial charge >= 0.3 is 12.1 Å². The van der Waals surface area contributed by atoms with E-state index in [2.05, 4.69) is 5.32 Å². The third-order valence-corrected chi connectivity index (χ3v) is 3.81. The lowest BCUT2D eigenvalue weighted by molar-refractivity contribution is -0.139. The Bertz CT molecular complexity index is 653. The van der Waals surface area contributed by atoms with E-state index in [4.69, 9.17) is 9.47 Å². The van der Waals surface area contributed by atoms with E-state index in [9.17, 15) is 19.1 Å². The van der Waals surface area contributed by atoms with Gasteiger partial charge in [-0.15, -0.1) is 0 Å². The molecule has 7 nitrogen and oxygen atoms in total. The molecule has 0 aliphatic carbocycles. The number of benzene rings is 1. The van der Waals surface area contributed by atoms with Gasteiger partial charge in [-0.25, -0.2) is 14.0 Å². The van der Waals surface area contributed by atoms with Gasteiger partial charge in [-0.2, -0.15) is 0 Å². The fourth-order valence-electron chi connectivity index (χ4n) is 2.70. The number of amides is 1. The number of alkyl carbamates (subject to hydrolysis) is 1. The van der Waals surface area contributed by atoms with Gasteiger partial charge in [0.1, 0.15) is 17.5 Å². The van der Waals surface area contributed by atoms with Gasteiger partial charge < -0.3 is 24.8 Å². The van der Waals surface area contributed by atoms with Crippen molar-refractivity contribution in [3.05, 3.63) is 29.6 Å². The summed E-state index contributed by atoms with van der Waals surface area (Å²) >= 11 is 0. The number of hydrogen-bond acceptors (Lipinski definition) is 5. The van der Waals surface area contributed by atoms with Crippen LogP contribution < -0.4 is 10.2 Å². The zero-order valence-electron chi connectivity index (χ0n) is 15.3. The molecule has 8 heteroatoms. The minimum atomic E-state index is -1.23. The first-order chi connectivity index (χ1) is 12.2. The summed E-state index contributed by atoms with van der Waals surface area (Å²) in [6.45, 7) is 7.43. The van der Waals surface area contributed by atoms with E-state index in [0.717, 1.165) is 5.69 Å². The number of rotatable bonds is 5. The molecule has 0 spiro atoms. The van der Waals surface area contributed by atoms with Crippen LogP contribution >= 0.6 is 0 Å². The second kappa shape index (κ2) is 8.35. The van der Waals surface area contributed by atoms with Crippen molar-refractivity contribution < 1.29 is 28.6 Å². The van der Waals surface area contributed by atoms with Crippen molar-refractivity contribution in [1.82, 2.24) is 5.32 Å². The maximum atomic E-state index is 13.7.